The van der Waals surface area contributed by atoms with Crippen molar-refractivity contribution in [1.82, 2.24) is 0 Å². The topological polar surface area (TPSA) is 59.1 Å². The second-order valence-corrected chi connectivity index (χ2v) is 11.6. The van der Waals surface area contributed by atoms with Crippen LogP contribution in [0.4, 0.5) is 28.9 Å². The van der Waals surface area contributed by atoms with Gasteiger partial charge in [-0.1, -0.05) is 35.4 Å². The number of hydrogen-bond donors (Lipinski definition) is 0. The first-order valence-corrected chi connectivity index (χ1v) is 16.9. The zero-order chi connectivity index (χ0) is 39.3. The van der Waals surface area contributed by atoms with Gasteiger partial charge in [0.05, 0.1) is 13.2 Å². The fourth-order valence-electron chi connectivity index (χ4n) is 4.66. The van der Waals surface area contributed by atoms with Crippen molar-refractivity contribution in [2.45, 2.75) is 13.8 Å². The van der Waals surface area contributed by atoms with E-state index in [1.807, 2.05) is 86.6 Å². The number of halogens is 4. The summed E-state index contributed by atoms with van der Waals surface area (Å²) < 4.78 is 63.8. The minimum Gasteiger partial charge on any atom is -0.383 e. The van der Waals surface area contributed by atoms with Crippen LogP contribution in [0.25, 0.3) is 0 Å². The number of carbonyl (C=O) groups is 2. The second-order valence-electron chi connectivity index (χ2n) is 11.6. The summed E-state index contributed by atoms with van der Waals surface area (Å²) in [6.07, 6.45) is 0. The average Bonchev–Trinajstić information content (AvgIpc) is 3.95. The van der Waals surface area contributed by atoms with E-state index in [1.54, 1.807) is 48.5 Å². The normalized spacial score (nSPS) is 9.89. The minimum absolute atomic E-state index is 0. The molecule has 0 fully saturated rings. The number of methoxy groups -OCH3 is 2. The van der Waals surface area contributed by atoms with Crippen molar-refractivity contribution in [3.8, 4) is 0 Å². The Morgan fingerprint density at radius 3 is 1.15 bits per heavy atom. The van der Waals surface area contributed by atoms with Gasteiger partial charge in [-0.15, -0.1) is 36.4 Å². The summed E-state index contributed by atoms with van der Waals surface area (Å²) >= 11 is 0. The zero-order valence-corrected chi connectivity index (χ0v) is 32.6. The average molecular weight is 787 g/mol. The SMILES string of the molecule is COCCN(C(=O)c1ccc(C)cc1)c1ccc(F)[c-]c1F.COCCN(C(=O)c1ccc(C)cc1)c1ccc(F)[c-]c1F.[Ti+4].c1cc[cH-]c1.c1cc[cH-]c1. The van der Waals surface area contributed by atoms with Crippen molar-refractivity contribution in [2.24, 2.45) is 0 Å². The van der Waals surface area contributed by atoms with Crippen LogP contribution in [0.15, 0.2) is 133 Å². The number of anilines is 2. The number of amides is 2. The van der Waals surface area contributed by atoms with E-state index in [1.165, 1.54) is 36.2 Å². The van der Waals surface area contributed by atoms with Crippen LogP contribution in [0, 0.1) is 49.2 Å². The fraction of sp³-hybridized carbons (Fsp3) is 0.182. The third-order valence-electron chi connectivity index (χ3n) is 7.50. The molecule has 0 aliphatic heterocycles. The van der Waals surface area contributed by atoms with Gasteiger partial charge in [-0.3, -0.25) is 9.59 Å². The Kier molecular flexibility index (Phi) is 21.0. The third kappa shape index (κ3) is 15.6. The summed E-state index contributed by atoms with van der Waals surface area (Å²) in [4.78, 5) is 27.6. The van der Waals surface area contributed by atoms with Crippen LogP contribution in [0.3, 0.4) is 0 Å². The van der Waals surface area contributed by atoms with Gasteiger partial charge in [0.1, 0.15) is 0 Å². The number of ether oxygens (including phenoxy) is 2. The Labute approximate surface area is 335 Å². The first kappa shape index (κ1) is 46.0. The summed E-state index contributed by atoms with van der Waals surface area (Å²) in [6, 6.07) is 42.4. The first-order valence-electron chi connectivity index (χ1n) is 16.9. The van der Waals surface area contributed by atoms with Gasteiger partial charge in [-0.2, -0.15) is 36.4 Å². The Morgan fingerprint density at radius 2 is 0.891 bits per heavy atom. The third-order valence-corrected chi connectivity index (χ3v) is 7.50. The molecule has 0 saturated carbocycles. The molecule has 0 saturated heterocycles. The maximum absolute atomic E-state index is 13.9. The van der Waals surface area contributed by atoms with E-state index in [4.69, 9.17) is 9.47 Å². The van der Waals surface area contributed by atoms with Crippen molar-refractivity contribution in [1.29, 1.82) is 0 Å². The van der Waals surface area contributed by atoms with Gasteiger partial charge < -0.3 is 19.3 Å². The molecule has 55 heavy (non-hydrogen) atoms. The summed E-state index contributed by atoms with van der Waals surface area (Å²) in [7, 11) is 2.98. The molecule has 0 radical (unpaired) electrons. The fourth-order valence-corrected chi connectivity index (χ4v) is 4.66. The van der Waals surface area contributed by atoms with Gasteiger partial charge in [0.15, 0.2) is 0 Å². The molecule has 11 heteroatoms. The molecule has 0 aliphatic rings. The predicted octanol–water partition coefficient (Wildman–Crippen LogP) is 9.54. The summed E-state index contributed by atoms with van der Waals surface area (Å²) in [6.45, 7) is 4.58. The van der Waals surface area contributed by atoms with Gasteiger partial charge in [0.2, 0.25) is 11.8 Å². The Hall–Kier alpha value is -5.13. The van der Waals surface area contributed by atoms with Gasteiger partial charge in [0.25, 0.3) is 0 Å². The largest absolute Gasteiger partial charge is 4.00 e. The summed E-state index contributed by atoms with van der Waals surface area (Å²) in [5.74, 6) is -4.19. The molecule has 0 unspecified atom stereocenters. The van der Waals surface area contributed by atoms with Crippen LogP contribution in [-0.2, 0) is 31.2 Å². The van der Waals surface area contributed by atoms with Crippen LogP contribution in [0.2, 0.25) is 0 Å². The standard InChI is InChI=1S/2C17H16F2NO2.2C5H5.Ti/c2*1-12-3-5-13(6-4-12)17(21)20(9-10-22-2)16-8-7-14(18)11-15(16)19;2*1-2-4-5-3-1;/h2*3-8H,9-10H2,1-2H3;2*1-5H;/q4*-1;+4. The van der Waals surface area contributed by atoms with Crippen LogP contribution in [-0.4, -0.2) is 52.3 Å². The molecule has 6 rings (SSSR count). The van der Waals surface area contributed by atoms with Gasteiger partial charge in [-0.05, 0) is 49.5 Å². The van der Waals surface area contributed by atoms with E-state index in [9.17, 15) is 27.2 Å². The first-order chi connectivity index (χ1) is 26.0. The number of nitrogens with zero attached hydrogens (tertiary/aromatic N) is 2. The van der Waals surface area contributed by atoms with E-state index < -0.39 is 23.3 Å². The Balaban J connectivity index is 0.000000298. The maximum atomic E-state index is 13.9. The molecule has 0 atom stereocenters. The van der Waals surface area contributed by atoms with E-state index in [2.05, 4.69) is 0 Å². The van der Waals surface area contributed by atoms with Crippen LogP contribution < -0.4 is 9.80 Å². The molecule has 0 bridgehead atoms. The number of aryl methyl sites for hydroxylation is 2. The molecule has 6 aromatic carbocycles. The van der Waals surface area contributed by atoms with Crippen LogP contribution in [0.1, 0.15) is 31.8 Å². The van der Waals surface area contributed by atoms with E-state index in [-0.39, 0.29) is 71.2 Å². The number of rotatable bonds is 10. The monoisotopic (exact) mass is 786 g/mol. The van der Waals surface area contributed by atoms with Gasteiger partial charge >= 0.3 is 21.7 Å². The molecule has 6 aromatic rings. The minimum atomic E-state index is -0.906. The predicted molar refractivity (Wildman–Crippen MR) is 204 cm³/mol. The van der Waals surface area contributed by atoms with E-state index in [0.29, 0.717) is 11.1 Å². The molecule has 2 amide bonds. The molecule has 0 aromatic heterocycles. The smallest absolute Gasteiger partial charge is 0.383 e. The van der Waals surface area contributed by atoms with Crippen molar-refractivity contribution in [3.63, 3.8) is 0 Å². The molecular weight excluding hydrogens is 744 g/mol. The Morgan fingerprint density at radius 1 is 0.564 bits per heavy atom. The summed E-state index contributed by atoms with van der Waals surface area (Å²) in [5.41, 5.74) is 2.83. The second kappa shape index (κ2) is 25.0. The van der Waals surface area contributed by atoms with Crippen molar-refractivity contribution < 1.29 is 58.3 Å². The van der Waals surface area contributed by atoms with E-state index in [0.717, 1.165) is 23.3 Å². The zero-order valence-electron chi connectivity index (χ0n) is 31.1. The van der Waals surface area contributed by atoms with Gasteiger partial charge in [-0.25, -0.2) is 41.8 Å². The Bertz CT molecular complexity index is 1780. The molecule has 0 aliphatic carbocycles. The van der Waals surface area contributed by atoms with Crippen LogP contribution in [0.5, 0.6) is 0 Å². The molecule has 284 valence electrons. The molecule has 0 spiro atoms. The van der Waals surface area contributed by atoms with Crippen LogP contribution >= 0.6 is 0 Å². The molecule has 6 nitrogen and oxygen atoms in total. The molecular formula is C44H42F4N2O4Ti. The molecule has 0 heterocycles. The number of hydrogen-bond acceptors (Lipinski definition) is 4. The number of carbonyl (C=O) groups excluding carboxylic acids is 2. The number of benzene rings is 4. The van der Waals surface area contributed by atoms with Crippen molar-refractivity contribution in [2.75, 3.05) is 50.3 Å². The quantitative estimate of drug-likeness (QED) is 0.0789. The van der Waals surface area contributed by atoms with Gasteiger partial charge in [0, 0.05) is 61.7 Å². The summed E-state index contributed by atoms with van der Waals surface area (Å²) in [5, 5.41) is 0. The van der Waals surface area contributed by atoms with E-state index >= 15 is 0 Å². The van der Waals surface area contributed by atoms with Crippen molar-refractivity contribution in [3.05, 3.63) is 191 Å². The molecule has 0 N–H and O–H groups in total. The maximum Gasteiger partial charge on any atom is 4.00 e. The van der Waals surface area contributed by atoms with Crippen molar-refractivity contribution >= 4 is 23.2 Å².